The molecule has 0 amide bonds. The summed E-state index contributed by atoms with van der Waals surface area (Å²) in [5.41, 5.74) is 3.49. The second kappa shape index (κ2) is 16.4. The fraction of sp³-hybridized carbons (Fsp3) is 0.385. The molecule has 2 heterocycles. The zero-order valence-corrected chi connectivity index (χ0v) is 20.3. The predicted octanol–water partition coefficient (Wildman–Crippen LogP) is 6.37. The van der Waals surface area contributed by atoms with Crippen LogP contribution in [0.2, 0.25) is 0 Å². The average Bonchev–Trinajstić information content (AvgIpc) is 3.39. The van der Waals surface area contributed by atoms with Gasteiger partial charge in [0.25, 0.3) is 0 Å². The van der Waals surface area contributed by atoms with E-state index in [1.54, 1.807) is 0 Å². The number of aromatic amines is 1. The van der Waals surface area contributed by atoms with Crippen LogP contribution >= 0.6 is 0 Å². The molecule has 0 aliphatic heterocycles. The van der Waals surface area contributed by atoms with Gasteiger partial charge in [0.15, 0.2) is 5.82 Å². The van der Waals surface area contributed by atoms with Crippen LogP contribution in [0.5, 0.6) is 5.75 Å². The maximum Gasteiger partial charge on any atom is 0.174 e. The molecule has 0 aliphatic rings. The van der Waals surface area contributed by atoms with E-state index in [2.05, 4.69) is 63.7 Å². The summed E-state index contributed by atoms with van der Waals surface area (Å²) in [6, 6.07) is 20.4. The Morgan fingerprint density at radius 2 is 1.59 bits per heavy atom. The molecule has 0 fully saturated rings. The first-order valence-electron chi connectivity index (χ1n) is 11.5. The van der Waals surface area contributed by atoms with Crippen molar-refractivity contribution in [3.8, 4) is 5.75 Å². The van der Waals surface area contributed by atoms with Crippen LogP contribution in [0, 0.1) is 6.92 Å². The summed E-state index contributed by atoms with van der Waals surface area (Å²) in [5, 5.41) is 14.9. The lowest BCUT2D eigenvalue weighted by Gasteiger charge is -2.04. The normalized spacial score (nSPS) is 9.44. The second-order valence-corrected chi connectivity index (χ2v) is 6.44. The van der Waals surface area contributed by atoms with Crippen molar-refractivity contribution in [3.63, 3.8) is 0 Å². The number of hydrogen-bond donors (Lipinski definition) is 1. The highest BCUT2D eigenvalue weighted by atomic mass is 16.5. The summed E-state index contributed by atoms with van der Waals surface area (Å²) in [7, 11) is 0. The van der Waals surface area contributed by atoms with E-state index in [1.807, 2.05) is 64.1 Å². The third kappa shape index (κ3) is 9.69. The van der Waals surface area contributed by atoms with Crippen LogP contribution in [0.4, 0.5) is 0 Å². The van der Waals surface area contributed by atoms with E-state index in [9.17, 15) is 0 Å². The molecular formula is C26H37N5O. The summed E-state index contributed by atoms with van der Waals surface area (Å²) in [6.07, 6.45) is 2.67. The van der Waals surface area contributed by atoms with Crippen molar-refractivity contribution in [1.82, 2.24) is 25.6 Å². The van der Waals surface area contributed by atoms with Gasteiger partial charge in [-0.15, -0.1) is 10.2 Å². The molecule has 0 saturated carbocycles. The molecule has 6 heteroatoms. The lowest BCUT2D eigenvalue weighted by atomic mass is 10.2. The maximum atomic E-state index is 5.57. The van der Waals surface area contributed by atoms with Crippen LogP contribution in [-0.4, -0.2) is 32.2 Å². The smallest absolute Gasteiger partial charge is 0.174 e. The maximum absolute atomic E-state index is 5.57. The number of aromatic nitrogens is 5. The molecule has 0 saturated heterocycles. The summed E-state index contributed by atoms with van der Waals surface area (Å²) in [5.74, 6) is 1.63. The molecular weight excluding hydrogens is 398 g/mol. The van der Waals surface area contributed by atoms with E-state index in [-0.39, 0.29) is 0 Å². The number of para-hydroxylation sites is 1. The van der Waals surface area contributed by atoms with Crippen molar-refractivity contribution >= 4 is 10.9 Å². The number of hydrogen-bond acceptors (Lipinski definition) is 5. The minimum absolute atomic E-state index is 0.664. The Morgan fingerprint density at radius 1 is 0.875 bits per heavy atom. The Morgan fingerprint density at radius 3 is 2.25 bits per heavy atom. The number of aryl methyl sites for hydroxylation is 3. The van der Waals surface area contributed by atoms with E-state index in [0.29, 0.717) is 6.61 Å². The fourth-order valence-electron chi connectivity index (χ4n) is 2.65. The fourth-order valence-corrected chi connectivity index (χ4v) is 2.65. The highest BCUT2D eigenvalue weighted by Crippen LogP contribution is 2.12. The highest BCUT2D eigenvalue weighted by molar-refractivity contribution is 5.78. The van der Waals surface area contributed by atoms with Gasteiger partial charge < -0.3 is 4.74 Å². The van der Waals surface area contributed by atoms with Gasteiger partial charge >= 0.3 is 0 Å². The van der Waals surface area contributed by atoms with Crippen molar-refractivity contribution in [3.05, 3.63) is 77.7 Å². The first-order valence-corrected chi connectivity index (χ1v) is 11.5. The summed E-state index contributed by atoms with van der Waals surface area (Å²) in [4.78, 5) is 4.49. The predicted molar refractivity (Wildman–Crippen MR) is 133 cm³/mol. The SMILES string of the molecule is CC.CC.CCc1ccc2ccccc2n1.Cc1ccc(OCCCc2nn[nH]n2)cc1. The Labute approximate surface area is 192 Å². The summed E-state index contributed by atoms with van der Waals surface area (Å²) < 4.78 is 5.57. The molecule has 6 nitrogen and oxygen atoms in total. The number of tetrazole rings is 1. The van der Waals surface area contributed by atoms with E-state index in [1.165, 1.54) is 10.9 Å². The van der Waals surface area contributed by atoms with Crippen LogP contribution in [-0.2, 0) is 12.8 Å². The third-order valence-electron chi connectivity index (χ3n) is 4.24. The molecule has 0 aliphatic carbocycles. The molecule has 2 aromatic carbocycles. The molecule has 32 heavy (non-hydrogen) atoms. The van der Waals surface area contributed by atoms with Crippen LogP contribution in [0.15, 0.2) is 60.7 Å². The van der Waals surface area contributed by atoms with E-state index in [0.717, 1.165) is 42.0 Å². The number of benzene rings is 2. The Hall–Kier alpha value is -3.28. The topological polar surface area (TPSA) is 76.6 Å². The lowest BCUT2D eigenvalue weighted by Crippen LogP contribution is -2.00. The number of ether oxygens (including phenoxy) is 1. The number of nitrogens with one attached hydrogen (secondary N) is 1. The summed E-state index contributed by atoms with van der Waals surface area (Å²) >= 11 is 0. The molecule has 172 valence electrons. The van der Waals surface area contributed by atoms with Gasteiger partial charge in [0.2, 0.25) is 0 Å². The number of nitrogens with zero attached hydrogens (tertiary/aromatic N) is 4. The van der Waals surface area contributed by atoms with Gasteiger partial charge in [-0.1, -0.05) is 81.8 Å². The minimum Gasteiger partial charge on any atom is -0.494 e. The van der Waals surface area contributed by atoms with E-state index in [4.69, 9.17) is 4.74 Å². The van der Waals surface area contributed by atoms with Crippen LogP contribution in [0.3, 0.4) is 0 Å². The molecule has 0 atom stereocenters. The summed E-state index contributed by atoms with van der Waals surface area (Å²) in [6.45, 7) is 12.8. The van der Waals surface area contributed by atoms with Gasteiger partial charge in [-0.3, -0.25) is 4.98 Å². The Balaban J connectivity index is 0.000000285. The van der Waals surface area contributed by atoms with Gasteiger partial charge in [0.1, 0.15) is 5.75 Å². The van der Waals surface area contributed by atoms with E-state index >= 15 is 0 Å². The Bertz CT molecular complexity index is 969. The van der Waals surface area contributed by atoms with Gasteiger partial charge in [-0.2, -0.15) is 5.21 Å². The quantitative estimate of drug-likeness (QED) is 0.356. The Kier molecular flexibility index (Phi) is 13.7. The molecule has 2 aromatic heterocycles. The first-order chi connectivity index (χ1) is 15.7. The van der Waals surface area contributed by atoms with Crippen molar-refractivity contribution in [1.29, 1.82) is 0 Å². The lowest BCUT2D eigenvalue weighted by molar-refractivity contribution is 0.310. The standard InChI is InChI=1S/C11H14N4O.C11H11N.2C2H6/c1-9-4-6-10(7-5-9)16-8-2-3-11-12-14-15-13-11;1-2-10-8-7-9-5-3-4-6-11(9)12-10;2*1-2/h4-7H,2-3,8H2,1H3,(H,12,13,14,15);3-8H,2H2,1H3;2*1-2H3. The van der Waals surface area contributed by atoms with Crippen molar-refractivity contribution in [2.24, 2.45) is 0 Å². The minimum atomic E-state index is 0.664. The molecule has 0 bridgehead atoms. The van der Waals surface area contributed by atoms with Crippen LogP contribution in [0.25, 0.3) is 10.9 Å². The van der Waals surface area contributed by atoms with Gasteiger partial charge in [-0.05, 0) is 44.0 Å². The van der Waals surface area contributed by atoms with E-state index < -0.39 is 0 Å². The third-order valence-corrected chi connectivity index (χ3v) is 4.24. The largest absolute Gasteiger partial charge is 0.494 e. The first kappa shape index (κ1) is 26.8. The monoisotopic (exact) mass is 435 g/mol. The zero-order chi connectivity index (χ0) is 23.6. The highest BCUT2D eigenvalue weighted by Gasteiger charge is 1.98. The molecule has 0 unspecified atom stereocenters. The molecule has 0 radical (unpaired) electrons. The zero-order valence-electron chi connectivity index (χ0n) is 20.3. The number of pyridine rings is 1. The number of H-pyrrole nitrogens is 1. The van der Waals surface area contributed by atoms with Crippen LogP contribution in [0.1, 0.15) is 58.1 Å². The van der Waals surface area contributed by atoms with Crippen molar-refractivity contribution < 1.29 is 4.74 Å². The molecule has 4 rings (SSSR count). The van der Waals surface area contributed by atoms with Crippen molar-refractivity contribution in [2.45, 2.75) is 60.8 Å². The molecule has 1 N–H and O–H groups in total. The molecule has 4 aromatic rings. The number of rotatable bonds is 6. The number of fused-ring (bicyclic) bond motifs is 1. The van der Waals surface area contributed by atoms with Gasteiger partial charge in [-0.25, -0.2) is 0 Å². The van der Waals surface area contributed by atoms with Gasteiger partial charge in [0, 0.05) is 17.5 Å². The molecule has 0 spiro atoms. The van der Waals surface area contributed by atoms with Crippen molar-refractivity contribution in [2.75, 3.05) is 6.61 Å². The van der Waals surface area contributed by atoms with Gasteiger partial charge in [0.05, 0.1) is 12.1 Å². The average molecular weight is 436 g/mol. The second-order valence-electron chi connectivity index (χ2n) is 6.44. The van der Waals surface area contributed by atoms with Crippen LogP contribution < -0.4 is 4.74 Å².